The van der Waals surface area contributed by atoms with Crippen LogP contribution in [0.1, 0.15) is 11.3 Å². The predicted molar refractivity (Wildman–Crippen MR) is 67.0 cm³/mol. The normalized spacial score (nSPS) is 12.1. The fourth-order valence-corrected chi connectivity index (χ4v) is 1.99. The fraction of sp³-hybridized carbons (Fsp3) is 0.182. The van der Waals surface area contributed by atoms with E-state index >= 15 is 0 Å². The SMILES string of the molecule is Cc1[nH]c2cc(C(F)(F)F)ccc2c(=O)c1I. The van der Waals surface area contributed by atoms with E-state index in [1.165, 1.54) is 6.07 Å². The Hall–Kier alpha value is -1.05. The molecule has 1 heterocycles. The van der Waals surface area contributed by atoms with Crippen LogP contribution in [0.5, 0.6) is 0 Å². The fourth-order valence-electron chi connectivity index (χ4n) is 1.57. The molecule has 0 fully saturated rings. The summed E-state index contributed by atoms with van der Waals surface area (Å²) >= 11 is 1.88. The van der Waals surface area contributed by atoms with Crippen molar-refractivity contribution in [3.8, 4) is 0 Å². The number of alkyl halides is 3. The largest absolute Gasteiger partial charge is 0.416 e. The predicted octanol–water partition coefficient (Wildman–Crippen LogP) is 3.46. The van der Waals surface area contributed by atoms with E-state index in [1.807, 2.05) is 22.6 Å². The second-order valence-electron chi connectivity index (χ2n) is 3.65. The van der Waals surface area contributed by atoms with Gasteiger partial charge in [-0.2, -0.15) is 13.2 Å². The van der Waals surface area contributed by atoms with Crippen LogP contribution in [0.15, 0.2) is 23.0 Å². The van der Waals surface area contributed by atoms with Crippen molar-refractivity contribution in [3.63, 3.8) is 0 Å². The Labute approximate surface area is 108 Å². The van der Waals surface area contributed by atoms with Crippen LogP contribution in [0.2, 0.25) is 0 Å². The molecule has 1 N–H and O–H groups in total. The third-order valence-corrected chi connectivity index (χ3v) is 3.74. The van der Waals surface area contributed by atoms with E-state index in [9.17, 15) is 18.0 Å². The summed E-state index contributed by atoms with van der Waals surface area (Å²) in [4.78, 5) is 14.6. The topological polar surface area (TPSA) is 32.9 Å². The number of halogens is 4. The minimum absolute atomic E-state index is 0.211. The highest BCUT2D eigenvalue weighted by atomic mass is 127. The van der Waals surface area contributed by atoms with Crippen LogP contribution in [0.4, 0.5) is 13.2 Å². The van der Waals surface area contributed by atoms with Gasteiger partial charge in [-0.05, 0) is 47.7 Å². The van der Waals surface area contributed by atoms with Gasteiger partial charge in [0.25, 0.3) is 0 Å². The zero-order valence-electron chi connectivity index (χ0n) is 8.65. The van der Waals surface area contributed by atoms with Crippen molar-refractivity contribution in [2.45, 2.75) is 13.1 Å². The quantitative estimate of drug-likeness (QED) is 0.723. The Kier molecular flexibility index (Phi) is 2.92. The number of aromatic amines is 1. The number of aryl methyl sites for hydroxylation is 1. The Morgan fingerprint density at radius 2 is 1.94 bits per heavy atom. The molecule has 0 spiro atoms. The molecule has 17 heavy (non-hydrogen) atoms. The summed E-state index contributed by atoms with van der Waals surface area (Å²) in [5.41, 5.74) is -0.225. The molecule has 0 radical (unpaired) electrons. The van der Waals surface area contributed by atoms with Crippen LogP contribution in [0.25, 0.3) is 10.9 Å². The third kappa shape index (κ3) is 2.18. The van der Waals surface area contributed by atoms with Gasteiger partial charge in [-0.3, -0.25) is 4.79 Å². The first-order valence-electron chi connectivity index (χ1n) is 4.70. The molecule has 2 rings (SSSR count). The maximum atomic E-state index is 12.5. The number of rotatable bonds is 0. The first-order chi connectivity index (χ1) is 7.80. The number of nitrogens with one attached hydrogen (secondary N) is 1. The molecule has 0 unspecified atom stereocenters. The molecule has 90 valence electrons. The van der Waals surface area contributed by atoms with E-state index in [-0.39, 0.29) is 16.3 Å². The van der Waals surface area contributed by atoms with Crippen molar-refractivity contribution in [1.29, 1.82) is 0 Å². The molecule has 0 aliphatic carbocycles. The average Bonchev–Trinajstić information content (AvgIpc) is 2.24. The van der Waals surface area contributed by atoms with E-state index in [2.05, 4.69) is 4.98 Å². The molecule has 0 aliphatic rings. The van der Waals surface area contributed by atoms with Crippen LogP contribution in [0.3, 0.4) is 0 Å². The summed E-state index contributed by atoms with van der Waals surface area (Å²) in [6.07, 6.45) is -4.40. The van der Waals surface area contributed by atoms with Gasteiger partial charge in [0, 0.05) is 11.1 Å². The summed E-state index contributed by atoms with van der Waals surface area (Å²) in [5.74, 6) is 0. The number of pyridine rings is 1. The second-order valence-corrected chi connectivity index (χ2v) is 4.73. The number of hydrogen-bond donors (Lipinski definition) is 1. The summed E-state index contributed by atoms with van der Waals surface area (Å²) in [5, 5.41) is 0.271. The molecule has 1 aromatic carbocycles. The standard InChI is InChI=1S/C11H7F3INO/c1-5-9(15)10(17)7-3-2-6(11(12,13)14)4-8(7)16-5/h2-4H,1H3,(H,16,17). The lowest BCUT2D eigenvalue weighted by Gasteiger charge is -2.08. The zero-order valence-corrected chi connectivity index (χ0v) is 10.8. The second kappa shape index (κ2) is 4.01. The zero-order chi connectivity index (χ0) is 12.8. The summed E-state index contributed by atoms with van der Waals surface area (Å²) in [7, 11) is 0. The minimum Gasteiger partial charge on any atom is -0.358 e. The maximum Gasteiger partial charge on any atom is 0.416 e. The van der Waals surface area contributed by atoms with Crippen LogP contribution < -0.4 is 5.43 Å². The van der Waals surface area contributed by atoms with E-state index in [1.54, 1.807) is 6.92 Å². The van der Waals surface area contributed by atoms with Crippen LogP contribution in [0, 0.1) is 10.5 Å². The minimum atomic E-state index is -4.40. The number of H-pyrrole nitrogens is 1. The lowest BCUT2D eigenvalue weighted by atomic mass is 10.1. The Bertz CT molecular complexity index is 645. The van der Waals surface area contributed by atoms with Gasteiger partial charge in [0.1, 0.15) is 0 Å². The van der Waals surface area contributed by atoms with Crippen molar-refractivity contribution >= 4 is 33.5 Å². The lowest BCUT2D eigenvalue weighted by molar-refractivity contribution is -0.137. The van der Waals surface area contributed by atoms with Crippen LogP contribution >= 0.6 is 22.6 Å². The maximum absolute atomic E-state index is 12.5. The molecule has 0 saturated carbocycles. The molecule has 0 amide bonds. The van der Waals surface area contributed by atoms with Gasteiger partial charge in [0.15, 0.2) is 0 Å². The van der Waals surface area contributed by atoms with Gasteiger partial charge in [-0.15, -0.1) is 0 Å². The molecule has 2 aromatic rings. The van der Waals surface area contributed by atoms with Gasteiger partial charge in [-0.1, -0.05) is 0 Å². The Morgan fingerprint density at radius 3 is 2.53 bits per heavy atom. The Morgan fingerprint density at radius 1 is 1.29 bits per heavy atom. The number of hydrogen-bond acceptors (Lipinski definition) is 1. The van der Waals surface area contributed by atoms with Gasteiger partial charge in [0.05, 0.1) is 14.7 Å². The highest BCUT2D eigenvalue weighted by Crippen LogP contribution is 2.30. The molecule has 0 bridgehead atoms. The summed E-state index contributed by atoms with van der Waals surface area (Å²) in [6.45, 7) is 1.66. The van der Waals surface area contributed by atoms with E-state index in [4.69, 9.17) is 0 Å². The van der Waals surface area contributed by atoms with Crippen molar-refractivity contribution < 1.29 is 13.2 Å². The number of fused-ring (bicyclic) bond motifs is 1. The first kappa shape index (κ1) is 12.4. The van der Waals surface area contributed by atoms with E-state index in [0.29, 0.717) is 9.26 Å². The molecular formula is C11H7F3INO. The molecule has 0 saturated heterocycles. The van der Waals surface area contributed by atoms with E-state index in [0.717, 1.165) is 12.1 Å². The van der Waals surface area contributed by atoms with Crippen molar-refractivity contribution in [3.05, 3.63) is 43.2 Å². The van der Waals surface area contributed by atoms with Crippen LogP contribution in [-0.4, -0.2) is 4.98 Å². The molecular weight excluding hydrogens is 346 g/mol. The molecule has 0 atom stereocenters. The highest BCUT2D eigenvalue weighted by Gasteiger charge is 2.30. The number of benzene rings is 1. The van der Waals surface area contributed by atoms with Crippen molar-refractivity contribution in [1.82, 2.24) is 4.98 Å². The summed E-state index contributed by atoms with van der Waals surface area (Å²) < 4.78 is 38.0. The van der Waals surface area contributed by atoms with Crippen molar-refractivity contribution in [2.75, 3.05) is 0 Å². The molecule has 6 heteroatoms. The summed E-state index contributed by atoms with van der Waals surface area (Å²) in [6, 6.07) is 3.08. The van der Waals surface area contributed by atoms with Crippen molar-refractivity contribution in [2.24, 2.45) is 0 Å². The van der Waals surface area contributed by atoms with Gasteiger partial charge in [-0.25, -0.2) is 0 Å². The smallest absolute Gasteiger partial charge is 0.358 e. The van der Waals surface area contributed by atoms with Gasteiger partial charge in [0.2, 0.25) is 5.43 Å². The van der Waals surface area contributed by atoms with E-state index < -0.39 is 11.7 Å². The number of aromatic nitrogens is 1. The molecule has 1 aromatic heterocycles. The molecule has 2 nitrogen and oxygen atoms in total. The third-order valence-electron chi connectivity index (χ3n) is 2.44. The first-order valence-corrected chi connectivity index (χ1v) is 5.78. The Balaban J connectivity index is 2.81. The average molecular weight is 353 g/mol. The van der Waals surface area contributed by atoms with Gasteiger partial charge < -0.3 is 4.98 Å². The highest BCUT2D eigenvalue weighted by molar-refractivity contribution is 14.1. The monoisotopic (exact) mass is 353 g/mol. The van der Waals surface area contributed by atoms with Crippen LogP contribution in [-0.2, 0) is 6.18 Å². The lowest BCUT2D eigenvalue weighted by Crippen LogP contribution is -2.11. The van der Waals surface area contributed by atoms with Gasteiger partial charge >= 0.3 is 6.18 Å². The molecule has 0 aliphatic heterocycles.